The van der Waals surface area contributed by atoms with Crippen molar-refractivity contribution < 1.29 is 14.7 Å². The highest BCUT2D eigenvalue weighted by Gasteiger charge is 2.22. The molecule has 1 aromatic rings. The minimum absolute atomic E-state index is 0.0457. The maximum Gasteiger partial charge on any atom is 0.227 e. The molecular formula is C16H22N2O3. The molecule has 114 valence electrons. The second-order valence-corrected chi connectivity index (χ2v) is 5.76. The van der Waals surface area contributed by atoms with Crippen molar-refractivity contribution in [3.05, 3.63) is 24.3 Å². The average Bonchev–Trinajstić information content (AvgIpc) is 2.85. The van der Waals surface area contributed by atoms with E-state index in [1.807, 2.05) is 26.0 Å². The number of hydrogen-bond donors (Lipinski definition) is 2. The first-order valence-corrected chi connectivity index (χ1v) is 7.35. The summed E-state index contributed by atoms with van der Waals surface area (Å²) < 4.78 is 0. The molecular weight excluding hydrogens is 268 g/mol. The van der Waals surface area contributed by atoms with Gasteiger partial charge in [0.1, 0.15) is 0 Å². The van der Waals surface area contributed by atoms with Crippen LogP contribution in [0.2, 0.25) is 0 Å². The van der Waals surface area contributed by atoms with E-state index in [1.54, 1.807) is 17.0 Å². The zero-order valence-electron chi connectivity index (χ0n) is 12.5. The van der Waals surface area contributed by atoms with Gasteiger partial charge < -0.3 is 15.3 Å². The molecule has 1 aliphatic rings. The van der Waals surface area contributed by atoms with Gasteiger partial charge in [-0.25, -0.2) is 0 Å². The number of hydrogen-bond acceptors (Lipinski definition) is 3. The van der Waals surface area contributed by atoms with Crippen molar-refractivity contribution in [2.45, 2.75) is 39.2 Å². The topological polar surface area (TPSA) is 69.6 Å². The molecule has 2 N–H and O–H groups in total. The van der Waals surface area contributed by atoms with Gasteiger partial charge >= 0.3 is 0 Å². The molecule has 2 rings (SSSR count). The molecule has 1 unspecified atom stereocenters. The smallest absolute Gasteiger partial charge is 0.227 e. The van der Waals surface area contributed by atoms with Crippen LogP contribution in [0.15, 0.2) is 24.3 Å². The average molecular weight is 290 g/mol. The maximum absolute atomic E-state index is 11.9. The van der Waals surface area contributed by atoms with E-state index in [2.05, 4.69) is 5.32 Å². The van der Waals surface area contributed by atoms with Crippen molar-refractivity contribution in [3.8, 4) is 0 Å². The molecule has 5 nitrogen and oxygen atoms in total. The monoisotopic (exact) mass is 290 g/mol. The number of nitrogens with zero attached hydrogens (tertiary/aromatic N) is 1. The lowest BCUT2D eigenvalue weighted by Crippen LogP contribution is -2.25. The summed E-state index contributed by atoms with van der Waals surface area (Å²) in [6, 6.07) is 7.25. The van der Waals surface area contributed by atoms with Gasteiger partial charge in [0.15, 0.2) is 0 Å². The van der Waals surface area contributed by atoms with Crippen molar-refractivity contribution in [3.63, 3.8) is 0 Å². The van der Waals surface area contributed by atoms with Gasteiger partial charge in [0.25, 0.3) is 0 Å². The van der Waals surface area contributed by atoms with Gasteiger partial charge in [-0.1, -0.05) is 19.9 Å². The molecule has 0 aliphatic carbocycles. The van der Waals surface area contributed by atoms with Crippen LogP contribution >= 0.6 is 0 Å². The third-order valence-corrected chi connectivity index (χ3v) is 3.68. The first-order chi connectivity index (χ1) is 9.97. The van der Waals surface area contributed by atoms with Crippen molar-refractivity contribution in [2.75, 3.05) is 16.8 Å². The second kappa shape index (κ2) is 6.72. The van der Waals surface area contributed by atoms with Crippen molar-refractivity contribution in [2.24, 2.45) is 5.92 Å². The predicted octanol–water partition coefficient (Wildman–Crippen LogP) is 2.16. The fourth-order valence-corrected chi connectivity index (χ4v) is 2.31. The molecule has 1 fully saturated rings. The van der Waals surface area contributed by atoms with Crippen LogP contribution in [0.1, 0.15) is 33.1 Å². The SMILES string of the molecule is CC(C)C(O)CC(=O)Nc1cccc(N2CCCC2=O)c1. The third kappa shape index (κ3) is 4.04. The maximum atomic E-state index is 11.9. The third-order valence-electron chi connectivity index (χ3n) is 3.68. The van der Waals surface area contributed by atoms with Crippen LogP contribution < -0.4 is 10.2 Å². The lowest BCUT2D eigenvalue weighted by molar-refractivity contribution is -0.118. The Morgan fingerprint density at radius 3 is 2.81 bits per heavy atom. The van der Waals surface area contributed by atoms with Gasteiger partial charge in [-0.3, -0.25) is 9.59 Å². The number of nitrogens with one attached hydrogen (secondary N) is 1. The van der Waals surface area contributed by atoms with E-state index in [0.29, 0.717) is 12.1 Å². The van der Waals surface area contributed by atoms with Crippen LogP contribution in [-0.2, 0) is 9.59 Å². The van der Waals surface area contributed by atoms with Crippen LogP contribution in [0, 0.1) is 5.92 Å². The van der Waals surface area contributed by atoms with Gasteiger partial charge in [0.05, 0.1) is 12.5 Å². The van der Waals surface area contributed by atoms with E-state index in [0.717, 1.165) is 18.7 Å². The lowest BCUT2D eigenvalue weighted by atomic mass is 10.0. The molecule has 1 heterocycles. The molecule has 1 atom stereocenters. The highest BCUT2D eigenvalue weighted by molar-refractivity contribution is 5.97. The van der Waals surface area contributed by atoms with E-state index in [4.69, 9.17) is 0 Å². The summed E-state index contributed by atoms with van der Waals surface area (Å²) in [4.78, 5) is 25.3. The summed E-state index contributed by atoms with van der Waals surface area (Å²) in [5.74, 6) is -0.0564. The predicted molar refractivity (Wildman–Crippen MR) is 82.1 cm³/mol. The number of anilines is 2. The molecule has 2 amide bonds. The number of aliphatic hydroxyl groups is 1. The summed E-state index contributed by atoms with van der Waals surface area (Å²) in [6.07, 6.45) is 0.880. The number of amides is 2. The minimum atomic E-state index is -0.645. The van der Waals surface area contributed by atoms with Crippen molar-refractivity contribution >= 4 is 23.2 Å². The van der Waals surface area contributed by atoms with Crippen molar-refractivity contribution in [1.29, 1.82) is 0 Å². The largest absolute Gasteiger partial charge is 0.392 e. The van der Waals surface area contributed by atoms with E-state index in [-0.39, 0.29) is 24.2 Å². The van der Waals surface area contributed by atoms with Gasteiger partial charge in [0, 0.05) is 24.3 Å². The molecule has 0 aromatic heterocycles. The summed E-state index contributed by atoms with van der Waals surface area (Å²) in [5, 5.41) is 12.5. The van der Waals surface area contributed by atoms with E-state index in [1.165, 1.54) is 0 Å². The van der Waals surface area contributed by atoms with Crippen LogP contribution in [0.5, 0.6) is 0 Å². The van der Waals surface area contributed by atoms with Gasteiger partial charge in [0.2, 0.25) is 11.8 Å². The fraction of sp³-hybridized carbons (Fsp3) is 0.500. The Hall–Kier alpha value is -1.88. The Balaban J connectivity index is 2.01. The molecule has 0 spiro atoms. The second-order valence-electron chi connectivity index (χ2n) is 5.76. The number of carbonyl (C=O) groups is 2. The first-order valence-electron chi connectivity index (χ1n) is 7.35. The Labute approximate surface area is 125 Å². The standard InChI is InChI=1S/C16H22N2O3/c1-11(2)14(19)10-15(20)17-12-5-3-6-13(9-12)18-8-4-7-16(18)21/h3,5-6,9,11,14,19H,4,7-8,10H2,1-2H3,(H,17,20). The van der Waals surface area contributed by atoms with Gasteiger partial charge in [-0.05, 0) is 30.5 Å². The molecule has 1 saturated heterocycles. The fourth-order valence-electron chi connectivity index (χ4n) is 2.31. The molecule has 0 saturated carbocycles. The van der Waals surface area contributed by atoms with Crippen molar-refractivity contribution in [1.82, 2.24) is 0 Å². The normalized spacial score (nSPS) is 16.4. The van der Waals surface area contributed by atoms with Gasteiger partial charge in [-0.15, -0.1) is 0 Å². The highest BCUT2D eigenvalue weighted by atomic mass is 16.3. The zero-order chi connectivity index (χ0) is 15.4. The van der Waals surface area contributed by atoms with Crippen LogP contribution in [0.25, 0.3) is 0 Å². The quantitative estimate of drug-likeness (QED) is 0.873. The molecule has 0 bridgehead atoms. The Morgan fingerprint density at radius 1 is 1.43 bits per heavy atom. The summed E-state index contributed by atoms with van der Waals surface area (Å²) in [6.45, 7) is 4.47. The van der Waals surface area contributed by atoms with Gasteiger partial charge in [-0.2, -0.15) is 0 Å². The molecule has 21 heavy (non-hydrogen) atoms. The molecule has 0 radical (unpaired) electrons. The summed E-state index contributed by atoms with van der Waals surface area (Å²) >= 11 is 0. The Morgan fingerprint density at radius 2 is 2.19 bits per heavy atom. The van der Waals surface area contributed by atoms with Crippen LogP contribution in [0.4, 0.5) is 11.4 Å². The lowest BCUT2D eigenvalue weighted by Gasteiger charge is -2.17. The Kier molecular flexibility index (Phi) is 4.96. The number of benzene rings is 1. The zero-order valence-corrected chi connectivity index (χ0v) is 12.5. The number of aliphatic hydroxyl groups excluding tert-OH is 1. The first kappa shape index (κ1) is 15.5. The van der Waals surface area contributed by atoms with Crippen LogP contribution in [-0.4, -0.2) is 29.6 Å². The van der Waals surface area contributed by atoms with E-state index >= 15 is 0 Å². The minimum Gasteiger partial charge on any atom is -0.392 e. The summed E-state index contributed by atoms with van der Waals surface area (Å²) in [7, 11) is 0. The highest BCUT2D eigenvalue weighted by Crippen LogP contribution is 2.24. The molecule has 5 heteroatoms. The van der Waals surface area contributed by atoms with E-state index < -0.39 is 6.10 Å². The van der Waals surface area contributed by atoms with Crippen LogP contribution in [0.3, 0.4) is 0 Å². The Bertz CT molecular complexity index is 528. The molecule has 1 aromatic carbocycles. The number of carbonyl (C=O) groups excluding carboxylic acids is 2. The molecule has 1 aliphatic heterocycles. The summed E-state index contributed by atoms with van der Waals surface area (Å²) in [5.41, 5.74) is 1.45. The number of rotatable bonds is 5. The van der Waals surface area contributed by atoms with E-state index in [9.17, 15) is 14.7 Å².